The van der Waals surface area contributed by atoms with Gasteiger partial charge in [0.1, 0.15) is 0 Å². The molecule has 0 aliphatic carbocycles. The Hall–Kier alpha value is -1.90. The van der Waals surface area contributed by atoms with Gasteiger partial charge in [0.2, 0.25) is 5.91 Å². The summed E-state index contributed by atoms with van der Waals surface area (Å²) in [4.78, 5) is 14.2. The van der Waals surface area contributed by atoms with Gasteiger partial charge in [0.25, 0.3) is 0 Å². The predicted octanol–water partition coefficient (Wildman–Crippen LogP) is 1.34. The number of hydrogen-bond donors (Lipinski definition) is 2. The average molecular weight is 273 g/mol. The van der Waals surface area contributed by atoms with Crippen molar-refractivity contribution in [3.63, 3.8) is 0 Å². The number of nitrogens with zero attached hydrogens (tertiary/aromatic N) is 2. The van der Waals surface area contributed by atoms with Crippen molar-refractivity contribution in [1.29, 1.82) is 5.26 Å². The Morgan fingerprint density at radius 2 is 2.35 bits per heavy atom. The van der Waals surface area contributed by atoms with E-state index in [9.17, 15) is 9.90 Å². The zero-order chi connectivity index (χ0) is 14.8. The number of hydrogen-bond acceptors (Lipinski definition) is 4. The van der Waals surface area contributed by atoms with Crippen LogP contribution in [0.25, 0.3) is 0 Å². The van der Waals surface area contributed by atoms with Gasteiger partial charge < -0.3 is 10.4 Å². The van der Waals surface area contributed by atoms with Gasteiger partial charge in [0.15, 0.2) is 0 Å². The molecule has 0 aromatic heterocycles. The van der Waals surface area contributed by atoms with E-state index in [0.29, 0.717) is 30.8 Å². The summed E-state index contributed by atoms with van der Waals surface area (Å²) in [7, 11) is 0. The van der Waals surface area contributed by atoms with Gasteiger partial charge in [-0.3, -0.25) is 9.69 Å². The molecule has 1 aromatic rings. The molecule has 5 nitrogen and oxygen atoms in total. The van der Waals surface area contributed by atoms with E-state index in [2.05, 4.69) is 5.32 Å². The number of nitrogens with one attached hydrogen (secondary N) is 1. The second kappa shape index (κ2) is 5.61. The van der Waals surface area contributed by atoms with E-state index < -0.39 is 5.60 Å². The fourth-order valence-corrected chi connectivity index (χ4v) is 2.39. The van der Waals surface area contributed by atoms with E-state index in [1.54, 1.807) is 31.2 Å². The molecule has 1 heterocycles. The Labute approximate surface area is 118 Å². The van der Waals surface area contributed by atoms with E-state index >= 15 is 0 Å². The molecule has 1 amide bonds. The average Bonchev–Trinajstić information content (AvgIpc) is 2.78. The van der Waals surface area contributed by atoms with Crippen LogP contribution < -0.4 is 5.32 Å². The second-order valence-corrected chi connectivity index (χ2v) is 5.58. The number of amides is 1. The zero-order valence-corrected chi connectivity index (χ0v) is 11.8. The highest BCUT2D eigenvalue weighted by Gasteiger charge is 2.35. The van der Waals surface area contributed by atoms with Crippen molar-refractivity contribution in [2.24, 2.45) is 0 Å². The molecule has 1 fully saturated rings. The van der Waals surface area contributed by atoms with Gasteiger partial charge in [-0.05, 0) is 38.5 Å². The third-order valence-electron chi connectivity index (χ3n) is 3.67. The van der Waals surface area contributed by atoms with Crippen LogP contribution in [0, 0.1) is 11.3 Å². The zero-order valence-electron chi connectivity index (χ0n) is 11.8. The van der Waals surface area contributed by atoms with Crippen LogP contribution in [-0.2, 0) is 4.79 Å². The number of aliphatic hydroxyl groups is 1. The molecule has 2 N–H and O–H groups in total. The summed E-state index contributed by atoms with van der Waals surface area (Å²) in [6.45, 7) is 4.82. The number of benzene rings is 1. The maximum absolute atomic E-state index is 12.2. The summed E-state index contributed by atoms with van der Waals surface area (Å²) in [6, 6.07) is 8.56. The lowest BCUT2D eigenvalue weighted by atomic mass is 10.1. The lowest BCUT2D eigenvalue weighted by molar-refractivity contribution is -0.120. The van der Waals surface area contributed by atoms with Gasteiger partial charge in [-0.25, -0.2) is 0 Å². The minimum absolute atomic E-state index is 0.127. The molecule has 1 aliphatic rings. The van der Waals surface area contributed by atoms with Gasteiger partial charge in [-0.1, -0.05) is 6.07 Å². The number of β-amino-alcohol motifs (C(OH)–C–C–N with tert-alkyl or cyclic N) is 1. The molecule has 2 atom stereocenters. The van der Waals surface area contributed by atoms with Crippen LogP contribution in [0.1, 0.15) is 25.8 Å². The minimum atomic E-state index is -0.713. The third kappa shape index (κ3) is 3.35. The number of rotatable bonds is 3. The monoisotopic (exact) mass is 273 g/mol. The second-order valence-electron chi connectivity index (χ2n) is 5.58. The van der Waals surface area contributed by atoms with Crippen molar-refractivity contribution < 1.29 is 9.90 Å². The first-order chi connectivity index (χ1) is 9.41. The van der Waals surface area contributed by atoms with Gasteiger partial charge in [0.05, 0.1) is 23.3 Å². The minimum Gasteiger partial charge on any atom is -0.389 e. The van der Waals surface area contributed by atoms with Gasteiger partial charge in [0, 0.05) is 18.8 Å². The maximum Gasteiger partial charge on any atom is 0.241 e. The smallest absolute Gasteiger partial charge is 0.241 e. The quantitative estimate of drug-likeness (QED) is 0.871. The van der Waals surface area contributed by atoms with Crippen molar-refractivity contribution in [2.45, 2.75) is 31.9 Å². The van der Waals surface area contributed by atoms with Gasteiger partial charge >= 0.3 is 0 Å². The highest BCUT2D eigenvalue weighted by Crippen LogP contribution is 2.22. The molecule has 1 aromatic carbocycles. The predicted molar refractivity (Wildman–Crippen MR) is 76.1 cm³/mol. The lowest BCUT2D eigenvalue weighted by Crippen LogP contribution is -2.42. The largest absolute Gasteiger partial charge is 0.389 e. The van der Waals surface area contributed by atoms with Crippen LogP contribution in [0.15, 0.2) is 24.3 Å². The van der Waals surface area contributed by atoms with E-state index in [1.807, 2.05) is 17.9 Å². The van der Waals surface area contributed by atoms with Crippen molar-refractivity contribution in [3.8, 4) is 6.07 Å². The molecule has 1 aliphatic heterocycles. The molecule has 2 unspecified atom stereocenters. The van der Waals surface area contributed by atoms with Crippen molar-refractivity contribution in [3.05, 3.63) is 29.8 Å². The number of nitriles is 1. The van der Waals surface area contributed by atoms with E-state index in [4.69, 9.17) is 5.26 Å². The molecule has 2 rings (SSSR count). The Morgan fingerprint density at radius 1 is 1.60 bits per heavy atom. The van der Waals surface area contributed by atoms with Crippen LogP contribution in [0.3, 0.4) is 0 Å². The van der Waals surface area contributed by atoms with Crippen LogP contribution in [0.2, 0.25) is 0 Å². The summed E-state index contributed by atoms with van der Waals surface area (Å²) in [6.07, 6.45) is 0.675. The first kappa shape index (κ1) is 14.5. The Kier molecular flexibility index (Phi) is 4.07. The van der Waals surface area contributed by atoms with Crippen molar-refractivity contribution >= 4 is 11.6 Å². The van der Waals surface area contributed by atoms with Crippen LogP contribution in [0.5, 0.6) is 0 Å². The molecular formula is C15H19N3O2. The fourth-order valence-electron chi connectivity index (χ4n) is 2.39. The topological polar surface area (TPSA) is 76.4 Å². The van der Waals surface area contributed by atoms with Crippen molar-refractivity contribution in [2.75, 3.05) is 18.4 Å². The van der Waals surface area contributed by atoms with Crippen LogP contribution in [0.4, 0.5) is 5.69 Å². The molecule has 0 saturated carbocycles. The maximum atomic E-state index is 12.2. The van der Waals surface area contributed by atoms with Crippen LogP contribution >= 0.6 is 0 Å². The summed E-state index contributed by atoms with van der Waals surface area (Å²) >= 11 is 0. The molecule has 106 valence electrons. The summed E-state index contributed by atoms with van der Waals surface area (Å²) in [5, 5.41) is 21.6. The molecule has 1 saturated heterocycles. The van der Waals surface area contributed by atoms with E-state index in [1.165, 1.54) is 0 Å². The normalized spacial score (nSPS) is 24.1. The highest BCUT2D eigenvalue weighted by molar-refractivity contribution is 5.94. The number of carbonyl (C=O) groups is 1. The van der Waals surface area contributed by atoms with E-state index in [-0.39, 0.29) is 11.9 Å². The highest BCUT2D eigenvalue weighted by atomic mass is 16.3. The third-order valence-corrected chi connectivity index (χ3v) is 3.67. The number of likely N-dealkylation sites (tertiary alicyclic amines) is 1. The summed E-state index contributed by atoms with van der Waals surface area (Å²) < 4.78 is 0. The number of carbonyl (C=O) groups excluding carboxylic acids is 1. The molecule has 20 heavy (non-hydrogen) atoms. The first-order valence-electron chi connectivity index (χ1n) is 6.69. The standard InChI is InChI=1S/C15H19N3O2/c1-11(18-7-6-15(2,20)10-18)14(19)17-13-5-3-4-12(8-13)9-16/h3-5,8,11,20H,6-7,10H2,1-2H3,(H,17,19). The molecule has 0 spiro atoms. The Bertz CT molecular complexity index is 548. The first-order valence-corrected chi connectivity index (χ1v) is 6.69. The SMILES string of the molecule is CC(C(=O)Nc1cccc(C#N)c1)N1CCC(C)(O)C1. The fraction of sp³-hybridized carbons (Fsp3) is 0.467. The van der Waals surface area contributed by atoms with Gasteiger partial charge in [-0.2, -0.15) is 5.26 Å². The van der Waals surface area contributed by atoms with Crippen LogP contribution in [-0.4, -0.2) is 40.6 Å². The van der Waals surface area contributed by atoms with Gasteiger partial charge in [-0.15, -0.1) is 0 Å². The molecule has 5 heteroatoms. The molecular weight excluding hydrogens is 254 g/mol. The van der Waals surface area contributed by atoms with E-state index in [0.717, 1.165) is 0 Å². The Balaban J connectivity index is 1.99. The lowest BCUT2D eigenvalue weighted by Gasteiger charge is -2.24. The summed E-state index contributed by atoms with van der Waals surface area (Å²) in [5.74, 6) is -0.127. The van der Waals surface area contributed by atoms with Crippen molar-refractivity contribution in [1.82, 2.24) is 4.90 Å². The molecule has 0 radical (unpaired) electrons. The Morgan fingerprint density at radius 3 is 2.95 bits per heavy atom. The molecule has 0 bridgehead atoms. The number of anilines is 1. The summed E-state index contributed by atoms with van der Waals surface area (Å²) in [5.41, 5.74) is 0.418.